The Morgan fingerprint density at radius 2 is 1.95 bits per heavy atom. The maximum atomic E-state index is 12.3. The second kappa shape index (κ2) is 6.37. The SMILES string of the molecule is CN(C)CCNC(=O)C1CCCN1C(=O)C(C)(C)C. The van der Waals surface area contributed by atoms with Crippen LogP contribution in [0.15, 0.2) is 0 Å². The molecule has 0 radical (unpaired) electrons. The highest BCUT2D eigenvalue weighted by Crippen LogP contribution is 2.25. The molecule has 1 aliphatic heterocycles. The van der Waals surface area contributed by atoms with Gasteiger partial charge in [-0.25, -0.2) is 0 Å². The van der Waals surface area contributed by atoms with Crippen molar-refractivity contribution in [2.45, 2.75) is 39.7 Å². The molecule has 0 aliphatic carbocycles. The standard InChI is InChI=1S/C14H27N3O2/c1-14(2,3)13(19)17-9-6-7-11(17)12(18)15-8-10-16(4)5/h11H,6-10H2,1-5H3,(H,15,18). The van der Waals surface area contributed by atoms with Crippen molar-refractivity contribution in [1.82, 2.24) is 15.1 Å². The second-order valence-corrected chi connectivity index (χ2v) is 6.50. The van der Waals surface area contributed by atoms with Crippen LogP contribution in [0.5, 0.6) is 0 Å². The smallest absolute Gasteiger partial charge is 0.242 e. The number of likely N-dealkylation sites (tertiary alicyclic amines) is 1. The van der Waals surface area contributed by atoms with Gasteiger partial charge in [-0.1, -0.05) is 20.8 Å². The average molecular weight is 269 g/mol. The summed E-state index contributed by atoms with van der Waals surface area (Å²) in [4.78, 5) is 28.2. The molecule has 1 saturated heterocycles. The van der Waals surface area contributed by atoms with Gasteiger partial charge < -0.3 is 15.1 Å². The van der Waals surface area contributed by atoms with Crippen LogP contribution in [0.2, 0.25) is 0 Å². The van der Waals surface area contributed by atoms with E-state index in [0.29, 0.717) is 13.1 Å². The quantitative estimate of drug-likeness (QED) is 0.817. The number of rotatable bonds is 4. The van der Waals surface area contributed by atoms with Crippen LogP contribution in [-0.4, -0.2) is 61.4 Å². The molecule has 19 heavy (non-hydrogen) atoms. The lowest BCUT2D eigenvalue weighted by atomic mass is 9.94. The van der Waals surface area contributed by atoms with Gasteiger partial charge in [-0.05, 0) is 26.9 Å². The van der Waals surface area contributed by atoms with E-state index in [1.165, 1.54) is 0 Å². The average Bonchev–Trinajstić information content (AvgIpc) is 2.74. The highest BCUT2D eigenvalue weighted by Gasteiger charge is 2.38. The lowest BCUT2D eigenvalue weighted by Gasteiger charge is -2.30. The minimum absolute atomic E-state index is 0.0167. The van der Waals surface area contributed by atoms with Gasteiger partial charge in [0.1, 0.15) is 6.04 Å². The number of hydrogen-bond donors (Lipinski definition) is 1. The van der Waals surface area contributed by atoms with Crippen molar-refractivity contribution < 1.29 is 9.59 Å². The monoisotopic (exact) mass is 269 g/mol. The summed E-state index contributed by atoms with van der Waals surface area (Å²) >= 11 is 0. The van der Waals surface area contributed by atoms with Crippen LogP contribution in [-0.2, 0) is 9.59 Å². The maximum absolute atomic E-state index is 12.3. The molecular formula is C14H27N3O2. The van der Waals surface area contributed by atoms with Gasteiger partial charge >= 0.3 is 0 Å². The molecule has 0 aromatic heterocycles. The Kier molecular flexibility index (Phi) is 5.35. The predicted molar refractivity (Wildman–Crippen MR) is 75.8 cm³/mol. The molecule has 1 unspecified atom stereocenters. The Hall–Kier alpha value is -1.10. The molecule has 5 nitrogen and oxygen atoms in total. The molecule has 0 bridgehead atoms. The van der Waals surface area contributed by atoms with Crippen LogP contribution in [0.3, 0.4) is 0 Å². The van der Waals surface area contributed by atoms with Crippen LogP contribution >= 0.6 is 0 Å². The number of carbonyl (C=O) groups is 2. The van der Waals surface area contributed by atoms with E-state index in [1.807, 2.05) is 39.8 Å². The van der Waals surface area contributed by atoms with E-state index in [2.05, 4.69) is 5.32 Å². The molecule has 1 fully saturated rings. The molecule has 0 saturated carbocycles. The Morgan fingerprint density at radius 3 is 2.47 bits per heavy atom. The fourth-order valence-electron chi connectivity index (χ4n) is 2.23. The van der Waals surface area contributed by atoms with Gasteiger partial charge in [0, 0.05) is 25.0 Å². The van der Waals surface area contributed by atoms with Crippen molar-refractivity contribution in [2.75, 3.05) is 33.7 Å². The minimum Gasteiger partial charge on any atom is -0.353 e. The lowest BCUT2D eigenvalue weighted by Crippen LogP contribution is -2.50. The van der Waals surface area contributed by atoms with E-state index >= 15 is 0 Å². The molecule has 1 heterocycles. The molecule has 110 valence electrons. The zero-order valence-corrected chi connectivity index (χ0v) is 12.8. The van der Waals surface area contributed by atoms with Crippen molar-refractivity contribution in [1.29, 1.82) is 0 Å². The minimum atomic E-state index is -0.424. The normalized spacial score (nSPS) is 19.9. The van der Waals surface area contributed by atoms with Gasteiger partial charge in [-0.3, -0.25) is 9.59 Å². The van der Waals surface area contributed by atoms with Crippen molar-refractivity contribution in [2.24, 2.45) is 5.41 Å². The van der Waals surface area contributed by atoms with Crippen LogP contribution in [0, 0.1) is 5.41 Å². The Bertz CT molecular complexity index is 334. The van der Waals surface area contributed by atoms with Gasteiger partial charge in [0.05, 0.1) is 0 Å². The first kappa shape index (κ1) is 16.0. The summed E-state index contributed by atoms with van der Waals surface area (Å²) in [6, 6.07) is -0.283. The molecule has 1 N–H and O–H groups in total. The Morgan fingerprint density at radius 1 is 1.32 bits per heavy atom. The van der Waals surface area contributed by atoms with Gasteiger partial charge in [-0.15, -0.1) is 0 Å². The zero-order chi connectivity index (χ0) is 14.6. The fourth-order valence-corrected chi connectivity index (χ4v) is 2.23. The first-order valence-corrected chi connectivity index (χ1v) is 6.97. The third-order valence-corrected chi connectivity index (χ3v) is 3.32. The third-order valence-electron chi connectivity index (χ3n) is 3.32. The number of carbonyl (C=O) groups excluding carboxylic acids is 2. The summed E-state index contributed by atoms with van der Waals surface area (Å²) in [7, 11) is 3.94. The first-order chi connectivity index (χ1) is 8.73. The molecule has 1 aliphatic rings. The molecular weight excluding hydrogens is 242 g/mol. The van der Waals surface area contributed by atoms with Crippen molar-refractivity contribution in [3.05, 3.63) is 0 Å². The van der Waals surface area contributed by atoms with Crippen molar-refractivity contribution in [3.8, 4) is 0 Å². The van der Waals surface area contributed by atoms with Gasteiger partial charge in [0.15, 0.2) is 0 Å². The molecule has 1 atom stereocenters. The summed E-state index contributed by atoms with van der Waals surface area (Å²) < 4.78 is 0. The number of likely N-dealkylation sites (N-methyl/N-ethyl adjacent to an activating group) is 1. The van der Waals surface area contributed by atoms with E-state index < -0.39 is 5.41 Å². The molecule has 5 heteroatoms. The summed E-state index contributed by atoms with van der Waals surface area (Å²) in [5, 5.41) is 2.92. The first-order valence-electron chi connectivity index (χ1n) is 6.97. The summed E-state index contributed by atoms with van der Waals surface area (Å²) in [5.74, 6) is 0.0507. The lowest BCUT2D eigenvalue weighted by molar-refractivity contribution is -0.144. The maximum Gasteiger partial charge on any atom is 0.242 e. The highest BCUT2D eigenvalue weighted by atomic mass is 16.2. The molecule has 0 aromatic rings. The van der Waals surface area contributed by atoms with Crippen LogP contribution in [0.25, 0.3) is 0 Å². The summed E-state index contributed by atoms with van der Waals surface area (Å²) in [6.45, 7) is 7.82. The van der Waals surface area contributed by atoms with E-state index in [-0.39, 0.29) is 17.9 Å². The molecule has 2 amide bonds. The molecule has 1 rings (SSSR count). The highest BCUT2D eigenvalue weighted by molar-refractivity contribution is 5.90. The van der Waals surface area contributed by atoms with E-state index in [1.54, 1.807) is 4.90 Å². The van der Waals surface area contributed by atoms with E-state index in [0.717, 1.165) is 19.4 Å². The molecule has 0 aromatic carbocycles. The van der Waals surface area contributed by atoms with Crippen LogP contribution < -0.4 is 5.32 Å². The summed E-state index contributed by atoms with van der Waals surface area (Å²) in [6.07, 6.45) is 1.68. The van der Waals surface area contributed by atoms with Crippen molar-refractivity contribution >= 4 is 11.8 Å². The summed E-state index contributed by atoms with van der Waals surface area (Å²) in [5.41, 5.74) is -0.424. The van der Waals surface area contributed by atoms with E-state index in [4.69, 9.17) is 0 Å². The Labute approximate surface area is 116 Å². The Balaban J connectivity index is 2.56. The number of hydrogen-bond acceptors (Lipinski definition) is 3. The van der Waals surface area contributed by atoms with Crippen molar-refractivity contribution in [3.63, 3.8) is 0 Å². The largest absolute Gasteiger partial charge is 0.353 e. The third kappa shape index (κ3) is 4.49. The van der Waals surface area contributed by atoms with Gasteiger partial charge in [-0.2, -0.15) is 0 Å². The van der Waals surface area contributed by atoms with Crippen LogP contribution in [0.1, 0.15) is 33.6 Å². The van der Waals surface area contributed by atoms with Crippen LogP contribution in [0.4, 0.5) is 0 Å². The number of nitrogens with one attached hydrogen (secondary N) is 1. The second-order valence-electron chi connectivity index (χ2n) is 6.50. The number of nitrogens with zero attached hydrogens (tertiary/aromatic N) is 2. The molecule has 0 spiro atoms. The zero-order valence-electron chi connectivity index (χ0n) is 12.8. The predicted octanol–water partition coefficient (Wildman–Crippen LogP) is 0.701. The number of amides is 2. The fraction of sp³-hybridized carbons (Fsp3) is 0.857. The topological polar surface area (TPSA) is 52.7 Å². The van der Waals surface area contributed by atoms with Gasteiger partial charge in [0.2, 0.25) is 11.8 Å². The van der Waals surface area contributed by atoms with Gasteiger partial charge in [0.25, 0.3) is 0 Å². The van der Waals surface area contributed by atoms with E-state index in [9.17, 15) is 9.59 Å².